The van der Waals surface area contributed by atoms with Gasteiger partial charge in [0.25, 0.3) is 0 Å². The number of aromatic carboxylic acids is 1. The Morgan fingerprint density at radius 3 is 1.34 bits per heavy atom. The van der Waals surface area contributed by atoms with Crippen LogP contribution in [0.15, 0.2) is 158 Å². The predicted octanol–water partition coefficient (Wildman–Crippen LogP) is 12.9. The fraction of sp³-hybridized carbons (Fsp3) is 0.368. The number of aliphatic hydroxyl groups is 5. The lowest BCUT2D eigenvalue weighted by molar-refractivity contribution is 0.0380. The van der Waals surface area contributed by atoms with Crippen molar-refractivity contribution < 1.29 is 44.9 Å². The first-order chi connectivity index (χ1) is 51.0. The molecular formula is C87H102N10O9. The summed E-state index contributed by atoms with van der Waals surface area (Å²) in [5, 5.41) is 67.6. The molecule has 0 saturated carbocycles. The molecule has 4 aliphatic rings. The topological polar surface area (TPSA) is 215 Å². The van der Waals surface area contributed by atoms with Gasteiger partial charge in [0.15, 0.2) is 0 Å². The quantitative estimate of drug-likeness (QED) is 0.0531. The average Bonchev–Trinajstić information content (AvgIpc) is 1.64. The first-order valence-electron chi connectivity index (χ1n) is 36.9. The maximum absolute atomic E-state index is 11.3. The summed E-state index contributed by atoms with van der Waals surface area (Å²) in [6.45, 7) is 20.2. The zero-order valence-electron chi connectivity index (χ0n) is 63.1. The Morgan fingerprint density at radius 2 is 0.896 bits per heavy atom. The monoisotopic (exact) mass is 1430 g/mol. The molecule has 106 heavy (non-hydrogen) atoms. The van der Waals surface area contributed by atoms with Crippen molar-refractivity contribution >= 4 is 49.6 Å². The molecule has 6 N–H and O–H groups in total. The van der Waals surface area contributed by atoms with Crippen molar-refractivity contribution in [1.82, 2.24) is 47.8 Å². The van der Waals surface area contributed by atoms with E-state index in [-0.39, 0.29) is 12.2 Å². The number of methoxy groups -OCH3 is 2. The minimum Gasteiger partial charge on any atom is -0.496 e. The van der Waals surface area contributed by atoms with Gasteiger partial charge >= 0.3 is 5.97 Å². The molecule has 0 radical (unpaired) electrons. The third kappa shape index (κ3) is 15.8. The Balaban J connectivity index is 0.000000125. The number of ether oxygens (including phenoxy) is 2. The van der Waals surface area contributed by atoms with Crippen LogP contribution in [0.5, 0.6) is 11.6 Å². The molecule has 6 aromatic heterocycles. The SMILES string of the molecule is COc1ccc(C(C)(O)Cn2c3c(c4cc(C)ccc42)CN(C)CC3)cn1.COc1ccc(C(O)Cn2c3c(c4cc(C)ccc42)CN(C)CC3)cc1CO.Cc1ccc2c(c1)c1c(n2CC(O)c2ccc(C(=O)O)cc2)CCN(C)C1.Cc1ccc2c3c(n(CC(O)c4ccncc4)c2c1)CCN(C)C3. The minimum atomic E-state index is -1.02. The smallest absolute Gasteiger partial charge is 0.335 e. The molecule has 19 nitrogen and oxygen atoms in total. The zero-order chi connectivity index (χ0) is 74.8. The molecule has 0 spiro atoms. The van der Waals surface area contributed by atoms with Crippen molar-refractivity contribution in [1.29, 1.82) is 0 Å². The highest BCUT2D eigenvalue weighted by atomic mass is 16.5. The lowest BCUT2D eigenvalue weighted by Crippen LogP contribution is -2.31. The second-order valence-corrected chi connectivity index (χ2v) is 30.0. The van der Waals surface area contributed by atoms with Gasteiger partial charge in [0.05, 0.1) is 70.9 Å². The summed E-state index contributed by atoms with van der Waals surface area (Å²) in [6.07, 6.45) is 7.29. The Hall–Kier alpha value is -9.51. The van der Waals surface area contributed by atoms with E-state index in [1.54, 1.807) is 63.1 Å². The van der Waals surface area contributed by atoms with Crippen LogP contribution in [0.1, 0.15) is 131 Å². The van der Waals surface area contributed by atoms with Gasteiger partial charge in [-0.3, -0.25) is 4.98 Å². The summed E-state index contributed by atoms with van der Waals surface area (Å²) in [5.74, 6) is 0.235. The Kier molecular flexibility index (Phi) is 22.5. The van der Waals surface area contributed by atoms with Gasteiger partial charge in [0.2, 0.25) is 5.88 Å². The van der Waals surface area contributed by atoms with Crippen LogP contribution in [0.2, 0.25) is 0 Å². The number of carboxylic acid groups (broad SMARTS) is 1. The van der Waals surface area contributed by atoms with Crippen LogP contribution in [-0.2, 0) is 90.2 Å². The predicted molar refractivity (Wildman–Crippen MR) is 419 cm³/mol. The molecule has 0 amide bonds. The number of aliphatic hydroxyl groups excluding tert-OH is 4. The number of aryl methyl sites for hydroxylation is 4. The van der Waals surface area contributed by atoms with Crippen LogP contribution in [0.4, 0.5) is 0 Å². The van der Waals surface area contributed by atoms with E-state index in [0.717, 1.165) is 106 Å². The van der Waals surface area contributed by atoms with E-state index in [9.17, 15) is 30.3 Å². The van der Waals surface area contributed by atoms with Crippen molar-refractivity contribution in [2.75, 3.05) is 68.6 Å². The van der Waals surface area contributed by atoms with Gasteiger partial charge in [0, 0.05) is 180 Å². The third-order valence-corrected chi connectivity index (χ3v) is 22.0. The highest BCUT2D eigenvalue weighted by Gasteiger charge is 2.32. The average molecular weight is 1430 g/mol. The molecule has 0 saturated heterocycles. The molecule has 12 aromatic rings. The summed E-state index contributed by atoms with van der Waals surface area (Å²) in [6, 6.07) is 45.8. The molecular weight excluding hydrogens is 1330 g/mol. The summed E-state index contributed by atoms with van der Waals surface area (Å²) in [7, 11) is 11.8. The van der Waals surface area contributed by atoms with Gasteiger partial charge in [-0.05, 0) is 192 Å². The molecule has 10 heterocycles. The maximum atomic E-state index is 11.3. The van der Waals surface area contributed by atoms with Crippen molar-refractivity contribution in [3.63, 3.8) is 0 Å². The first-order valence-corrected chi connectivity index (χ1v) is 36.9. The largest absolute Gasteiger partial charge is 0.496 e. The Labute approximate surface area is 621 Å². The molecule has 554 valence electrons. The molecule has 19 heteroatoms. The number of hydrogen-bond acceptors (Lipinski definition) is 14. The second-order valence-electron chi connectivity index (χ2n) is 30.0. The summed E-state index contributed by atoms with van der Waals surface area (Å²) in [4.78, 5) is 28.7. The number of carboxylic acids is 1. The Bertz CT molecular complexity index is 5130. The molecule has 4 aliphatic heterocycles. The van der Waals surface area contributed by atoms with Crippen molar-refractivity contribution in [3.05, 3.63) is 259 Å². The number of benzene rings is 6. The first kappa shape index (κ1) is 74.8. The van der Waals surface area contributed by atoms with Crippen LogP contribution in [0.25, 0.3) is 43.6 Å². The lowest BCUT2D eigenvalue weighted by atomic mass is 9.97. The van der Waals surface area contributed by atoms with Crippen LogP contribution in [-0.4, -0.2) is 153 Å². The van der Waals surface area contributed by atoms with Crippen LogP contribution in [0.3, 0.4) is 0 Å². The van der Waals surface area contributed by atoms with E-state index in [1.165, 1.54) is 105 Å². The fourth-order valence-electron chi connectivity index (χ4n) is 16.2. The third-order valence-electron chi connectivity index (χ3n) is 22.0. The normalized spacial score (nSPS) is 16.1. The maximum Gasteiger partial charge on any atom is 0.335 e. The van der Waals surface area contributed by atoms with Gasteiger partial charge < -0.3 is 78.0 Å². The number of pyridine rings is 2. The number of carbonyl (C=O) groups is 1. The summed E-state index contributed by atoms with van der Waals surface area (Å²) in [5.41, 5.74) is 23.8. The summed E-state index contributed by atoms with van der Waals surface area (Å²) >= 11 is 0. The molecule has 0 fully saturated rings. The van der Waals surface area contributed by atoms with Gasteiger partial charge in [-0.15, -0.1) is 0 Å². The van der Waals surface area contributed by atoms with E-state index >= 15 is 0 Å². The minimum absolute atomic E-state index is 0.114. The molecule has 16 rings (SSSR count). The van der Waals surface area contributed by atoms with E-state index in [1.807, 2.05) is 43.3 Å². The van der Waals surface area contributed by atoms with Gasteiger partial charge in [-0.1, -0.05) is 65.2 Å². The lowest BCUT2D eigenvalue weighted by Gasteiger charge is -2.28. The standard InChI is InChI=1S/C23H28N2O3.C22H27N3O2.C22H24N2O3.C20H23N3O/c1-15-4-6-20-18(10-15)19-12-24(2)9-8-21(19)25(20)13-22(27)16-5-7-23(28-3)17(11-16)14-26;1-15-5-7-19-17(11-15)18-13-24(3)10-9-20(18)25(19)14-22(2,26)16-6-8-21(27-4)23-12-16;1-14-3-8-19-17(11-14)18-12-23(2)10-9-20(18)24(19)13-21(25)15-4-6-16(7-5-15)22(26)27;1-14-3-4-16-17-12-22(2)10-7-18(17)23(19(16)11-14)13-20(24)15-5-8-21-9-6-15/h4-7,10-11,22,26-27H,8-9,12-14H2,1-3H3;5-8,11-12,26H,9-10,13-14H2,1-4H3;3-8,11,21,25H,9-10,12-13H2,1-2H3,(H,26,27);3-6,8-9,11,20,24H,7,10,12-13H2,1-2H3. The Morgan fingerprint density at radius 1 is 0.481 bits per heavy atom. The number of likely N-dealkylation sites (N-methyl/N-ethyl adjacent to an activating group) is 4. The van der Waals surface area contributed by atoms with E-state index in [4.69, 9.17) is 14.6 Å². The van der Waals surface area contributed by atoms with Crippen molar-refractivity contribution in [2.45, 2.75) is 143 Å². The number of hydrogen-bond donors (Lipinski definition) is 6. The van der Waals surface area contributed by atoms with Crippen molar-refractivity contribution in [3.8, 4) is 11.6 Å². The van der Waals surface area contributed by atoms with E-state index < -0.39 is 29.9 Å². The number of aromatic nitrogens is 6. The molecule has 4 unspecified atom stereocenters. The fourth-order valence-corrected chi connectivity index (χ4v) is 16.2. The second kappa shape index (κ2) is 31.9. The number of rotatable bonds is 16. The molecule has 4 atom stereocenters. The van der Waals surface area contributed by atoms with Gasteiger partial charge in [-0.2, -0.15) is 0 Å². The van der Waals surface area contributed by atoms with Gasteiger partial charge in [0.1, 0.15) is 11.4 Å². The molecule has 6 aromatic carbocycles. The van der Waals surface area contributed by atoms with Gasteiger partial charge in [-0.25, -0.2) is 9.78 Å². The highest BCUT2D eigenvalue weighted by Crippen LogP contribution is 2.39. The highest BCUT2D eigenvalue weighted by molar-refractivity contribution is 5.90. The van der Waals surface area contributed by atoms with Crippen LogP contribution in [0, 0.1) is 27.7 Å². The van der Waals surface area contributed by atoms with E-state index in [0.29, 0.717) is 43.4 Å². The molecule has 0 aliphatic carbocycles. The number of fused-ring (bicyclic) bond motifs is 12. The summed E-state index contributed by atoms with van der Waals surface area (Å²) < 4.78 is 19.6. The van der Waals surface area contributed by atoms with Crippen LogP contribution >= 0.6 is 0 Å². The number of nitrogens with zero attached hydrogens (tertiary/aromatic N) is 10. The van der Waals surface area contributed by atoms with Crippen LogP contribution < -0.4 is 9.47 Å². The molecule has 0 bridgehead atoms. The van der Waals surface area contributed by atoms with E-state index in [2.05, 4.69) is 177 Å². The van der Waals surface area contributed by atoms with Crippen molar-refractivity contribution in [2.24, 2.45) is 0 Å². The zero-order valence-corrected chi connectivity index (χ0v) is 63.1.